The zero-order chi connectivity index (χ0) is 19.3. The highest BCUT2D eigenvalue weighted by molar-refractivity contribution is 6.74. The molecule has 0 bridgehead atoms. The van der Waals surface area contributed by atoms with Crippen LogP contribution in [0.2, 0.25) is 18.1 Å². The quantitative estimate of drug-likeness (QED) is 0.717. The second-order valence-electron chi connectivity index (χ2n) is 7.61. The van der Waals surface area contributed by atoms with E-state index in [0.717, 1.165) is 5.56 Å². The predicted octanol–water partition coefficient (Wildman–Crippen LogP) is 3.78. The number of carbonyl (C=O) groups excluding carboxylic acids is 1. The molecule has 140 valence electrons. The van der Waals surface area contributed by atoms with E-state index in [9.17, 15) is 14.7 Å². The Bertz CT molecular complexity index is 583. The molecule has 0 aromatic heterocycles. The molecule has 2 N–H and O–H groups in total. The Kier molecular flexibility index (Phi) is 7.19. The van der Waals surface area contributed by atoms with E-state index in [2.05, 4.69) is 26.1 Å². The average Bonchev–Trinajstić information content (AvgIpc) is 2.49. The number of hydrogen-bond donors (Lipinski definition) is 2. The maximum atomic E-state index is 12.0. The highest BCUT2D eigenvalue weighted by Crippen LogP contribution is 2.37. The van der Waals surface area contributed by atoms with Crippen LogP contribution >= 0.6 is 0 Å². The summed E-state index contributed by atoms with van der Waals surface area (Å²) in [7, 11) is -2.15. The van der Waals surface area contributed by atoms with Gasteiger partial charge in [0.25, 0.3) is 0 Å². The third-order valence-electron chi connectivity index (χ3n) is 4.51. The van der Waals surface area contributed by atoms with Gasteiger partial charge in [0.05, 0.1) is 6.10 Å². The van der Waals surface area contributed by atoms with E-state index >= 15 is 0 Å². The maximum Gasteiger partial charge on any atom is 0.408 e. The lowest BCUT2D eigenvalue weighted by Crippen LogP contribution is -2.53. The molecule has 0 fully saturated rings. The Morgan fingerprint density at radius 1 is 1.20 bits per heavy atom. The molecule has 2 atom stereocenters. The summed E-state index contributed by atoms with van der Waals surface area (Å²) < 4.78 is 11.2. The lowest BCUT2D eigenvalue weighted by molar-refractivity contribution is -0.141. The first-order chi connectivity index (χ1) is 11.4. The second kappa shape index (κ2) is 8.49. The smallest absolute Gasteiger partial charge is 0.408 e. The topological polar surface area (TPSA) is 84.9 Å². The normalized spacial score (nSPS) is 14.5. The van der Waals surface area contributed by atoms with E-state index in [1.807, 2.05) is 43.4 Å². The molecule has 0 saturated carbocycles. The molecule has 0 aliphatic carbocycles. The van der Waals surface area contributed by atoms with Gasteiger partial charge in [0.15, 0.2) is 14.4 Å². The molecule has 0 unspecified atom stereocenters. The van der Waals surface area contributed by atoms with E-state index in [1.165, 1.54) is 0 Å². The minimum Gasteiger partial charge on any atom is -0.480 e. The van der Waals surface area contributed by atoms with Gasteiger partial charge in [0.1, 0.15) is 6.61 Å². The molecule has 6 nitrogen and oxygen atoms in total. The van der Waals surface area contributed by atoms with Gasteiger partial charge in [-0.15, -0.1) is 0 Å². The summed E-state index contributed by atoms with van der Waals surface area (Å²) in [5.41, 5.74) is 0.829. The van der Waals surface area contributed by atoms with E-state index in [-0.39, 0.29) is 11.6 Å². The summed E-state index contributed by atoms with van der Waals surface area (Å²) >= 11 is 0. The van der Waals surface area contributed by atoms with Crippen LogP contribution in [0, 0.1) is 0 Å². The Morgan fingerprint density at radius 2 is 1.76 bits per heavy atom. The van der Waals surface area contributed by atoms with Crippen LogP contribution in [-0.4, -0.2) is 37.6 Å². The summed E-state index contributed by atoms with van der Waals surface area (Å²) in [5, 5.41) is 11.8. The largest absolute Gasteiger partial charge is 0.480 e. The van der Waals surface area contributed by atoms with Gasteiger partial charge in [0.2, 0.25) is 0 Å². The van der Waals surface area contributed by atoms with Crippen molar-refractivity contribution in [3.8, 4) is 0 Å². The summed E-state index contributed by atoms with van der Waals surface area (Å²) in [4.78, 5) is 23.5. The number of ether oxygens (including phenoxy) is 1. The lowest BCUT2D eigenvalue weighted by Gasteiger charge is -2.39. The molecule has 1 aromatic rings. The predicted molar refractivity (Wildman–Crippen MR) is 98.9 cm³/mol. The van der Waals surface area contributed by atoms with Crippen LogP contribution in [0.3, 0.4) is 0 Å². The van der Waals surface area contributed by atoms with Crippen molar-refractivity contribution in [3.63, 3.8) is 0 Å². The summed E-state index contributed by atoms with van der Waals surface area (Å²) in [6, 6.07) is 8.02. The van der Waals surface area contributed by atoms with Crippen molar-refractivity contribution in [3.05, 3.63) is 35.9 Å². The van der Waals surface area contributed by atoms with Gasteiger partial charge in [-0.2, -0.15) is 0 Å². The molecular weight excluding hydrogens is 338 g/mol. The van der Waals surface area contributed by atoms with Crippen LogP contribution in [0.25, 0.3) is 0 Å². The first-order valence-corrected chi connectivity index (χ1v) is 11.2. The number of carboxylic acids is 1. The summed E-state index contributed by atoms with van der Waals surface area (Å²) in [6.45, 7) is 12.0. The number of carboxylic acid groups (broad SMARTS) is 1. The molecule has 0 heterocycles. The van der Waals surface area contributed by atoms with Crippen molar-refractivity contribution in [1.29, 1.82) is 0 Å². The Hall–Kier alpha value is -1.86. The van der Waals surface area contributed by atoms with Crippen molar-refractivity contribution in [1.82, 2.24) is 5.32 Å². The Balaban J connectivity index is 2.67. The van der Waals surface area contributed by atoms with Crippen molar-refractivity contribution in [2.24, 2.45) is 0 Å². The third kappa shape index (κ3) is 6.51. The minimum absolute atomic E-state index is 0.0574. The molecule has 1 rings (SSSR count). The molecule has 1 aromatic carbocycles. The van der Waals surface area contributed by atoms with Crippen LogP contribution in [0.4, 0.5) is 4.79 Å². The third-order valence-corrected chi connectivity index (χ3v) is 9.08. The van der Waals surface area contributed by atoms with Crippen LogP contribution in [-0.2, 0) is 20.6 Å². The zero-order valence-corrected chi connectivity index (χ0v) is 16.8. The van der Waals surface area contributed by atoms with E-state index in [4.69, 9.17) is 9.16 Å². The summed E-state index contributed by atoms with van der Waals surface area (Å²) in [6.07, 6.45) is -1.44. The standard InChI is InChI=1S/C18H29NO5Si/c1-13(24-25(5,6)18(2,3)4)15(16(20)21)19-17(22)23-12-14-10-8-7-9-11-14/h7-11,13,15H,12H2,1-6H3,(H,19,22)(H,20,21)/t13-,15-/m1/s1. The van der Waals surface area contributed by atoms with E-state index < -0.39 is 32.5 Å². The van der Waals surface area contributed by atoms with Gasteiger partial charge in [-0.25, -0.2) is 9.59 Å². The molecular formula is C18H29NO5Si. The number of aliphatic carboxylic acids is 1. The fourth-order valence-corrected chi connectivity index (χ4v) is 3.40. The molecule has 0 aliphatic heterocycles. The number of amides is 1. The van der Waals surface area contributed by atoms with Crippen LogP contribution in [0.1, 0.15) is 33.3 Å². The van der Waals surface area contributed by atoms with Crippen molar-refractivity contribution in [2.45, 2.75) is 64.6 Å². The first kappa shape index (κ1) is 21.2. The van der Waals surface area contributed by atoms with Crippen molar-refractivity contribution < 1.29 is 23.9 Å². The monoisotopic (exact) mass is 367 g/mol. The number of nitrogens with one attached hydrogen (secondary N) is 1. The number of carbonyl (C=O) groups is 2. The van der Waals surface area contributed by atoms with Crippen molar-refractivity contribution >= 4 is 20.4 Å². The molecule has 1 amide bonds. The molecule has 0 spiro atoms. The van der Waals surface area contributed by atoms with Crippen LogP contribution < -0.4 is 5.32 Å². The Labute approximate surface area is 150 Å². The van der Waals surface area contributed by atoms with E-state index in [0.29, 0.717) is 0 Å². The summed E-state index contributed by atoms with van der Waals surface area (Å²) in [5.74, 6) is -1.15. The van der Waals surface area contributed by atoms with Crippen LogP contribution in [0.15, 0.2) is 30.3 Å². The fraction of sp³-hybridized carbons (Fsp3) is 0.556. The number of hydrogen-bond acceptors (Lipinski definition) is 4. The van der Waals surface area contributed by atoms with Gasteiger partial charge >= 0.3 is 12.1 Å². The molecule has 0 aliphatic rings. The maximum absolute atomic E-state index is 12.0. The molecule has 25 heavy (non-hydrogen) atoms. The van der Waals surface area contributed by atoms with Gasteiger partial charge < -0.3 is 19.6 Å². The number of benzene rings is 1. The fourth-order valence-electron chi connectivity index (χ4n) is 1.98. The minimum atomic E-state index is -2.15. The van der Waals surface area contributed by atoms with Gasteiger partial charge in [0, 0.05) is 0 Å². The van der Waals surface area contributed by atoms with Crippen molar-refractivity contribution in [2.75, 3.05) is 0 Å². The van der Waals surface area contributed by atoms with E-state index in [1.54, 1.807) is 6.92 Å². The average molecular weight is 368 g/mol. The first-order valence-electron chi connectivity index (χ1n) is 8.32. The van der Waals surface area contributed by atoms with Gasteiger partial charge in [-0.1, -0.05) is 51.1 Å². The molecule has 0 radical (unpaired) electrons. The lowest BCUT2D eigenvalue weighted by atomic mass is 10.2. The molecule has 7 heteroatoms. The van der Waals surface area contributed by atoms with Gasteiger partial charge in [-0.05, 0) is 30.6 Å². The Morgan fingerprint density at radius 3 is 2.24 bits per heavy atom. The number of alkyl carbamates (subject to hydrolysis) is 1. The highest BCUT2D eigenvalue weighted by Gasteiger charge is 2.41. The van der Waals surface area contributed by atoms with Crippen LogP contribution in [0.5, 0.6) is 0 Å². The highest BCUT2D eigenvalue weighted by atomic mass is 28.4. The van der Waals surface area contributed by atoms with Gasteiger partial charge in [-0.3, -0.25) is 0 Å². The molecule has 0 saturated heterocycles. The second-order valence-corrected chi connectivity index (χ2v) is 12.4. The zero-order valence-electron chi connectivity index (χ0n) is 15.8. The number of rotatable bonds is 7. The SMILES string of the molecule is C[C@@H](O[Si](C)(C)C(C)(C)C)[C@@H](NC(=O)OCc1ccccc1)C(=O)O.